The molecule has 2 fully saturated rings. The zero-order valence-electron chi connectivity index (χ0n) is 9.54. The number of amides is 1. The number of carbonyl (C=O) groups is 1. The number of hydrogen-bond donors (Lipinski definition) is 2. The molecule has 5 heteroatoms. The minimum absolute atomic E-state index is 0. The largest absolute Gasteiger partial charge is 0.379 e. The molecule has 0 bridgehead atoms. The van der Waals surface area contributed by atoms with E-state index >= 15 is 0 Å². The van der Waals surface area contributed by atoms with Crippen LogP contribution in [0.2, 0.25) is 0 Å². The maximum Gasteiger partial charge on any atom is 0.237 e. The van der Waals surface area contributed by atoms with Gasteiger partial charge in [-0.25, -0.2) is 0 Å². The van der Waals surface area contributed by atoms with Crippen LogP contribution in [-0.2, 0) is 9.53 Å². The molecule has 2 aliphatic rings. The molecule has 4 nitrogen and oxygen atoms in total. The molecule has 0 spiro atoms. The van der Waals surface area contributed by atoms with Crippen LogP contribution in [0.3, 0.4) is 0 Å². The van der Waals surface area contributed by atoms with Gasteiger partial charge in [-0.1, -0.05) is 6.42 Å². The van der Waals surface area contributed by atoms with Gasteiger partial charge in [-0.05, 0) is 32.2 Å². The van der Waals surface area contributed by atoms with Crippen molar-refractivity contribution in [3.63, 3.8) is 0 Å². The Hall–Kier alpha value is -0.320. The number of hydrogen-bond acceptors (Lipinski definition) is 3. The van der Waals surface area contributed by atoms with Gasteiger partial charge in [0.1, 0.15) is 0 Å². The molecule has 0 aliphatic carbocycles. The summed E-state index contributed by atoms with van der Waals surface area (Å²) >= 11 is 0. The summed E-state index contributed by atoms with van der Waals surface area (Å²) < 4.78 is 5.34. The van der Waals surface area contributed by atoms with Crippen molar-refractivity contribution in [1.82, 2.24) is 10.6 Å². The summed E-state index contributed by atoms with van der Waals surface area (Å²) in [6, 6.07) is 0.260. The van der Waals surface area contributed by atoms with E-state index < -0.39 is 0 Å². The van der Waals surface area contributed by atoms with E-state index in [0.29, 0.717) is 6.61 Å². The van der Waals surface area contributed by atoms with Gasteiger partial charge >= 0.3 is 0 Å². The van der Waals surface area contributed by atoms with Gasteiger partial charge in [-0.3, -0.25) is 4.79 Å². The molecule has 2 aliphatic heterocycles. The van der Waals surface area contributed by atoms with Crippen molar-refractivity contribution in [1.29, 1.82) is 0 Å². The minimum atomic E-state index is 0. The molecule has 0 saturated carbocycles. The summed E-state index contributed by atoms with van der Waals surface area (Å²) in [5.41, 5.74) is 0. The molecule has 2 heterocycles. The van der Waals surface area contributed by atoms with E-state index in [4.69, 9.17) is 4.74 Å². The first-order valence-electron chi connectivity index (χ1n) is 5.98. The molecule has 0 aromatic heterocycles. The van der Waals surface area contributed by atoms with Gasteiger partial charge in [0.15, 0.2) is 0 Å². The molecule has 1 unspecified atom stereocenters. The van der Waals surface area contributed by atoms with Crippen LogP contribution in [0.5, 0.6) is 0 Å². The summed E-state index contributed by atoms with van der Waals surface area (Å²) in [6.45, 7) is 2.49. The van der Waals surface area contributed by atoms with E-state index in [1.165, 1.54) is 6.42 Å². The molecular formula is C11H21ClN2O2. The van der Waals surface area contributed by atoms with Crippen LogP contribution < -0.4 is 10.6 Å². The fraction of sp³-hybridized carbons (Fsp3) is 0.909. The fourth-order valence-electron chi connectivity index (χ4n) is 2.23. The summed E-state index contributed by atoms with van der Waals surface area (Å²) in [6.07, 6.45) is 5.43. The second-order valence-corrected chi connectivity index (χ2v) is 4.43. The van der Waals surface area contributed by atoms with Crippen LogP contribution in [0.4, 0.5) is 0 Å². The van der Waals surface area contributed by atoms with E-state index in [-0.39, 0.29) is 30.4 Å². The number of rotatable bonds is 2. The first kappa shape index (κ1) is 13.7. The van der Waals surface area contributed by atoms with E-state index in [0.717, 1.165) is 38.8 Å². The lowest BCUT2D eigenvalue weighted by Gasteiger charge is -2.27. The highest BCUT2D eigenvalue weighted by molar-refractivity contribution is 5.85. The van der Waals surface area contributed by atoms with Crippen molar-refractivity contribution >= 4 is 18.3 Å². The monoisotopic (exact) mass is 248 g/mol. The van der Waals surface area contributed by atoms with Crippen molar-refractivity contribution in [2.24, 2.45) is 0 Å². The van der Waals surface area contributed by atoms with Gasteiger partial charge in [0, 0.05) is 6.61 Å². The van der Waals surface area contributed by atoms with Gasteiger partial charge in [-0.2, -0.15) is 0 Å². The molecule has 1 amide bonds. The Kier molecular flexibility index (Phi) is 6.09. The molecular weight excluding hydrogens is 228 g/mol. The van der Waals surface area contributed by atoms with Crippen LogP contribution in [-0.4, -0.2) is 37.7 Å². The van der Waals surface area contributed by atoms with Crippen LogP contribution in [0, 0.1) is 0 Å². The summed E-state index contributed by atoms with van der Waals surface area (Å²) in [7, 11) is 0. The lowest BCUT2D eigenvalue weighted by Crippen LogP contribution is -2.51. The fourth-order valence-corrected chi connectivity index (χ4v) is 2.23. The van der Waals surface area contributed by atoms with Crippen molar-refractivity contribution in [3.8, 4) is 0 Å². The zero-order valence-corrected chi connectivity index (χ0v) is 10.4. The maximum absolute atomic E-state index is 11.8. The standard InChI is InChI=1S/C11H20N2O2.ClH/c14-11(10-5-1-2-6-12-10)13-9-4-3-7-15-8-9;/h9-10,12H,1-8H2,(H,13,14);1H/t9?,10-;/m0./s1. The third kappa shape index (κ3) is 3.92. The Bertz CT molecular complexity index is 214. The molecule has 16 heavy (non-hydrogen) atoms. The third-order valence-electron chi connectivity index (χ3n) is 3.13. The average molecular weight is 249 g/mol. The van der Waals surface area contributed by atoms with Crippen molar-refractivity contribution in [2.75, 3.05) is 19.8 Å². The normalized spacial score (nSPS) is 30.2. The van der Waals surface area contributed by atoms with E-state index in [1.54, 1.807) is 0 Å². The van der Waals surface area contributed by atoms with E-state index in [9.17, 15) is 4.79 Å². The SMILES string of the molecule is Cl.O=C(NC1CCCOC1)[C@@H]1CCCCN1. The molecule has 94 valence electrons. The predicted octanol–water partition coefficient (Wildman–Crippen LogP) is 0.845. The molecule has 2 N–H and O–H groups in total. The van der Waals surface area contributed by atoms with Crippen LogP contribution in [0.25, 0.3) is 0 Å². The Morgan fingerprint density at radius 2 is 2.12 bits per heavy atom. The van der Waals surface area contributed by atoms with Gasteiger partial charge in [0.2, 0.25) is 5.91 Å². The van der Waals surface area contributed by atoms with Crippen LogP contribution in [0.1, 0.15) is 32.1 Å². The summed E-state index contributed by atoms with van der Waals surface area (Å²) in [4.78, 5) is 11.8. The number of ether oxygens (including phenoxy) is 1. The van der Waals surface area contributed by atoms with Crippen LogP contribution in [0.15, 0.2) is 0 Å². The topological polar surface area (TPSA) is 50.4 Å². The first-order valence-corrected chi connectivity index (χ1v) is 5.98. The molecule has 2 rings (SSSR count). The third-order valence-corrected chi connectivity index (χ3v) is 3.13. The maximum atomic E-state index is 11.8. The molecule has 0 aromatic carbocycles. The highest BCUT2D eigenvalue weighted by Gasteiger charge is 2.23. The van der Waals surface area contributed by atoms with Gasteiger partial charge < -0.3 is 15.4 Å². The Labute approximate surface area is 103 Å². The average Bonchev–Trinajstić information content (AvgIpc) is 2.31. The number of piperidine rings is 1. The second kappa shape index (κ2) is 7.09. The molecule has 0 aromatic rings. The lowest BCUT2D eigenvalue weighted by molar-refractivity contribution is -0.125. The summed E-state index contributed by atoms with van der Waals surface area (Å²) in [5.74, 6) is 0.158. The van der Waals surface area contributed by atoms with Crippen molar-refractivity contribution < 1.29 is 9.53 Å². The molecule has 2 saturated heterocycles. The Morgan fingerprint density at radius 1 is 1.25 bits per heavy atom. The molecule has 0 radical (unpaired) electrons. The predicted molar refractivity (Wildman–Crippen MR) is 64.9 cm³/mol. The number of carbonyl (C=O) groups excluding carboxylic acids is 1. The number of nitrogens with one attached hydrogen (secondary N) is 2. The first-order chi connectivity index (χ1) is 7.36. The van der Waals surface area contributed by atoms with Gasteiger partial charge in [0.05, 0.1) is 18.7 Å². The Balaban J connectivity index is 0.00000128. The highest BCUT2D eigenvalue weighted by atomic mass is 35.5. The van der Waals surface area contributed by atoms with E-state index in [1.807, 2.05) is 0 Å². The van der Waals surface area contributed by atoms with Crippen molar-refractivity contribution in [3.05, 3.63) is 0 Å². The minimum Gasteiger partial charge on any atom is -0.379 e. The number of halogens is 1. The zero-order chi connectivity index (χ0) is 10.5. The summed E-state index contributed by atoms with van der Waals surface area (Å²) in [5, 5.41) is 6.32. The highest BCUT2D eigenvalue weighted by Crippen LogP contribution is 2.09. The van der Waals surface area contributed by atoms with Crippen molar-refractivity contribution in [2.45, 2.75) is 44.2 Å². The van der Waals surface area contributed by atoms with Gasteiger partial charge in [0.25, 0.3) is 0 Å². The van der Waals surface area contributed by atoms with Crippen LogP contribution >= 0.6 is 12.4 Å². The molecule has 2 atom stereocenters. The van der Waals surface area contributed by atoms with Gasteiger partial charge in [-0.15, -0.1) is 12.4 Å². The second-order valence-electron chi connectivity index (χ2n) is 4.43. The van der Waals surface area contributed by atoms with E-state index in [2.05, 4.69) is 10.6 Å². The quantitative estimate of drug-likeness (QED) is 0.762. The lowest BCUT2D eigenvalue weighted by atomic mass is 10.0. The smallest absolute Gasteiger partial charge is 0.237 e. The Morgan fingerprint density at radius 3 is 2.75 bits per heavy atom.